The molecule has 0 fully saturated rings. The molecule has 0 saturated carbocycles. The zero-order valence-corrected chi connectivity index (χ0v) is 5.89. The average molecular weight is 114 g/mol. The second-order valence-corrected chi connectivity index (χ2v) is 1.94. The molecule has 8 heavy (non-hydrogen) atoms. The van der Waals surface area contributed by atoms with E-state index in [1.165, 1.54) is 0 Å². The Hall–Kier alpha value is -0.370. The maximum Gasteiger partial charge on any atom is 0.0357 e. The summed E-state index contributed by atoms with van der Waals surface area (Å²) in [6, 6.07) is 0. The summed E-state index contributed by atoms with van der Waals surface area (Å²) in [5.74, 6) is 0. The van der Waals surface area contributed by atoms with E-state index in [-0.39, 0.29) is 0 Å². The van der Waals surface area contributed by atoms with Crippen LogP contribution in [0.1, 0.15) is 6.92 Å². The van der Waals surface area contributed by atoms with Crippen LogP contribution in [0.2, 0.25) is 0 Å². The molecule has 0 aromatic carbocycles. The van der Waals surface area contributed by atoms with Crippen molar-refractivity contribution in [3.8, 4) is 0 Å². The molecule has 0 aliphatic heterocycles. The Morgan fingerprint density at radius 1 is 1.50 bits per heavy atom. The van der Waals surface area contributed by atoms with Gasteiger partial charge in [0.25, 0.3) is 0 Å². The Bertz CT molecular complexity index is 66.9. The van der Waals surface area contributed by atoms with E-state index in [2.05, 4.69) is 9.89 Å². The van der Waals surface area contributed by atoms with Gasteiger partial charge in [-0.3, -0.25) is 4.99 Å². The maximum absolute atomic E-state index is 4.05. The lowest BCUT2D eigenvalue weighted by Gasteiger charge is -2.01. The van der Waals surface area contributed by atoms with Gasteiger partial charge in [0.05, 0.1) is 0 Å². The maximum atomic E-state index is 4.05. The summed E-state index contributed by atoms with van der Waals surface area (Å²) in [4.78, 5) is 6.13. The molecule has 0 aromatic heterocycles. The van der Waals surface area contributed by atoms with Gasteiger partial charge < -0.3 is 4.90 Å². The van der Waals surface area contributed by atoms with Crippen molar-refractivity contribution in [3.63, 3.8) is 0 Å². The van der Waals surface area contributed by atoms with Crippen molar-refractivity contribution >= 4 is 6.21 Å². The number of hydrogen-bond donors (Lipinski definition) is 0. The molecule has 0 saturated heterocycles. The van der Waals surface area contributed by atoms with Gasteiger partial charge >= 0.3 is 0 Å². The van der Waals surface area contributed by atoms with Crippen molar-refractivity contribution in [3.05, 3.63) is 0 Å². The van der Waals surface area contributed by atoms with Crippen molar-refractivity contribution < 1.29 is 0 Å². The van der Waals surface area contributed by atoms with Crippen molar-refractivity contribution in [1.82, 2.24) is 4.90 Å². The highest BCUT2D eigenvalue weighted by molar-refractivity contribution is 5.59. The highest BCUT2D eigenvalue weighted by atomic mass is 15.1. The highest BCUT2D eigenvalue weighted by Gasteiger charge is 1.79. The van der Waals surface area contributed by atoms with Crippen LogP contribution in [0.3, 0.4) is 0 Å². The van der Waals surface area contributed by atoms with Gasteiger partial charge in [-0.1, -0.05) is 0 Å². The summed E-state index contributed by atoms with van der Waals surface area (Å²) in [5.41, 5.74) is 0. The van der Waals surface area contributed by atoms with Crippen molar-refractivity contribution in [2.75, 3.05) is 27.2 Å². The van der Waals surface area contributed by atoms with Crippen molar-refractivity contribution in [1.29, 1.82) is 0 Å². The zero-order chi connectivity index (χ0) is 6.41. The molecule has 0 atom stereocenters. The first-order chi connectivity index (χ1) is 3.77. The van der Waals surface area contributed by atoms with Gasteiger partial charge in [0.2, 0.25) is 0 Å². The molecule has 0 aliphatic carbocycles. The largest absolute Gasteiger partial charge is 0.304 e. The van der Waals surface area contributed by atoms with E-state index in [1.807, 2.05) is 27.2 Å². The van der Waals surface area contributed by atoms with Crippen molar-refractivity contribution in [2.24, 2.45) is 4.99 Å². The van der Waals surface area contributed by atoms with Crippen LogP contribution in [-0.4, -0.2) is 38.3 Å². The Kier molecular flexibility index (Phi) is 4.56. The minimum Gasteiger partial charge on any atom is -0.304 e. The van der Waals surface area contributed by atoms with E-state index in [1.54, 1.807) is 0 Å². The van der Waals surface area contributed by atoms with Gasteiger partial charge in [-0.15, -0.1) is 0 Å². The van der Waals surface area contributed by atoms with E-state index < -0.39 is 0 Å². The second kappa shape index (κ2) is 4.78. The predicted molar refractivity (Wildman–Crippen MR) is 37.6 cm³/mol. The lowest BCUT2D eigenvalue weighted by atomic mass is 10.6. The van der Waals surface area contributed by atoms with E-state index in [0.29, 0.717) is 0 Å². The SMILES string of the molecule is CCN=CCN(C)C. The molecule has 0 unspecified atom stereocenters. The molecule has 0 radical (unpaired) electrons. The fraction of sp³-hybridized carbons (Fsp3) is 0.833. The fourth-order valence-corrected chi connectivity index (χ4v) is 0.350. The van der Waals surface area contributed by atoms with Gasteiger partial charge in [-0.2, -0.15) is 0 Å². The molecule has 0 spiro atoms. The number of rotatable bonds is 3. The van der Waals surface area contributed by atoms with Crippen LogP contribution < -0.4 is 0 Å². The number of aliphatic imine (C=N–C) groups is 1. The van der Waals surface area contributed by atoms with E-state index in [0.717, 1.165) is 13.1 Å². The lowest BCUT2D eigenvalue weighted by molar-refractivity contribution is 0.473. The summed E-state index contributed by atoms with van der Waals surface area (Å²) < 4.78 is 0. The summed E-state index contributed by atoms with van der Waals surface area (Å²) >= 11 is 0. The average Bonchev–Trinajstić information content (AvgIpc) is 1.66. The highest BCUT2D eigenvalue weighted by Crippen LogP contribution is 1.68. The predicted octanol–water partition coefficient (Wildman–Crippen LogP) is 0.639. The quantitative estimate of drug-likeness (QED) is 0.491. The minimum absolute atomic E-state index is 0.897. The molecule has 0 rings (SSSR count). The third-order valence-corrected chi connectivity index (χ3v) is 0.758. The fourth-order valence-electron chi connectivity index (χ4n) is 0.350. The third-order valence-electron chi connectivity index (χ3n) is 0.758. The molecule has 0 amide bonds. The lowest BCUT2D eigenvalue weighted by Crippen LogP contribution is -2.13. The van der Waals surface area contributed by atoms with Crippen LogP contribution >= 0.6 is 0 Å². The first kappa shape index (κ1) is 7.63. The van der Waals surface area contributed by atoms with Gasteiger partial charge in [-0.05, 0) is 21.0 Å². The molecule has 2 nitrogen and oxygen atoms in total. The third kappa shape index (κ3) is 5.63. The van der Waals surface area contributed by atoms with Crippen LogP contribution in [0.4, 0.5) is 0 Å². The molecular formula is C6H14N2. The van der Waals surface area contributed by atoms with E-state index in [4.69, 9.17) is 0 Å². The topological polar surface area (TPSA) is 15.6 Å². The standard InChI is InChI=1S/C6H14N2/c1-4-7-5-6-8(2)3/h5H,4,6H2,1-3H3. The Morgan fingerprint density at radius 2 is 2.12 bits per heavy atom. The summed E-state index contributed by atoms with van der Waals surface area (Å²) in [6.45, 7) is 3.88. The molecule has 0 aromatic rings. The molecule has 0 aliphatic rings. The Labute approximate surface area is 51.2 Å². The molecular weight excluding hydrogens is 100 g/mol. The summed E-state index contributed by atoms with van der Waals surface area (Å²) in [5, 5.41) is 0. The van der Waals surface area contributed by atoms with Crippen LogP contribution in [0.15, 0.2) is 4.99 Å². The monoisotopic (exact) mass is 114 g/mol. The summed E-state index contributed by atoms with van der Waals surface area (Å²) in [6.07, 6.45) is 1.93. The molecule has 0 N–H and O–H groups in total. The minimum atomic E-state index is 0.897. The molecule has 48 valence electrons. The van der Waals surface area contributed by atoms with E-state index >= 15 is 0 Å². The van der Waals surface area contributed by atoms with Crippen LogP contribution in [0.25, 0.3) is 0 Å². The summed E-state index contributed by atoms with van der Waals surface area (Å²) in [7, 11) is 4.06. The Balaban J connectivity index is 3.03. The zero-order valence-electron chi connectivity index (χ0n) is 5.89. The van der Waals surface area contributed by atoms with Gasteiger partial charge in [0.1, 0.15) is 0 Å². The first-order valence-corrected chi connectivity index (χ1v) is 2.90. The molecule has 0 heterocycles. The number of nitrogens with zero attached hydrogens (tertiary/aromatic N) is 2. The van der Waals surface area contributed by atoms with Crippen LogP contribution in [0, 0.1) is 0 Å². The molecule has 2 heteroatoms. The van der Waals surface area contributed by atoms with Crippen LogP contribution in [0.5, 0.6) is 0 Å². The van der Waals surface area contributed by atoms with Gasteiger partial charge in [0.15, 0.2) is 0 Å². The van der Waals surface area contributed by atoms with E-state index in [9.17, 15) is 0 Å². The normalized spacial score (nSPS) is 11.5. The smallest absolute Gasteiger partial charge is 0.0357 e. The van der Waals surface area contributed by atoms with Crippen LogP contribution in [-0.2, 0) is 0 Å². The second-order valence-electron chi connectivity index (χ2n) is 1.94. The first-order valence-electron chi connectivity index (χ1n) is 2.90. The number of hydrogen-bond acceptors (Lipinski definition) is 2. The van der Waals surface area contributed by atoms with Gasteiger partial charge in [0, 0.05) is 19.3 Å². The Morgan fingerprint density at radius 3 is 2.50 bits per heavy atom. The van der Waals surface area contributed by atoms with Gasteiger partial charge in [-0.25, -0.2) is 0 Å². The van der Waals surface area contributed by atoms with Crippen molar-refractivity contribution in [2.45, 2.75) is 6.92 Å². The molecule has 0 bridgehead atoms.